The number of thioether (sulfide) groups is 1. The van der Waals surface area contributed by atoms with E-state index in [-0.39, 0.29) is 32.1 Å². The number of benzene rings is 2. The number of pyridine rings is 1. The van der Waals surface area contributed by atoms with Gasteiger partial charge in [-0.2, -0.15) is 4.98 Å². The zero-order valence-corrected chi connectivity index (χ0v) is 23.3. The molecule has 0 aliphatic carbocycles. The van der Waals surface area contributed by atoms with Gasteiger partial charge < -0.3 is 4.74 Å². The molecule has 0 N–H and O–H groups in total. The van der Waals surface area contributed by atoms with Crippen molar-refractivity contribution in [2.75, 3.05) is 4.90 Å². The van der Waals surface area contributed by atoms with E-state index in [0.29, 0.717) is 17.0 Å². The lowest BCUT2D eigenvalue weighted by molar-refractivity contribution is -0.113. The highest BCUT2D eigenvalue weighted by Gasteiger charge is 2.38. The number of amides is 1. The van der Waals surface area contributed by atoms with Crippen molar-refractivity contribution in [2.45, 2.75) is 6.92 Å². The molecule has 12 heteroatoms. The molecule has 1 saturated heterocycles. The van der Waals surface area contributed by atoms with Gasteiger partial charge in [0.2, 0.25) is 5.88 Å². The Morgan fingerprint density at radius 2 is 1.66 bits per heavy atom. The maximum atomic E-state index is 13.7. The van der Waals surface area contributed by atoms with E-state index in [1.807, 2.05) is 18.2 Å². The fourth-order valence-corrected chi connectivity index (χ4v) is 5.75. The van der Waals surface area contributed by atoms with Crippen LogP contribution in [0.1, 0.15) is 11.3 Å². The summed E-state index contributed by atoms with van der Waals surface area (Å²) >= 11 is 6.51. The van der Waals surface area contributed by atoms with E-state index >= 15 is 0 Å². The van der Waals surface area contributed by atoms with Crippen molar-refractivity contribution < 1.29 is 13.9 Å². The van der Waals surface area contributed by atoms with Gasteiger partial charge in [-0.25, -0.2) is 9.07 Å². The number of aromatic nitrogens is 4. The van der Waals surface area contributed by atoms with Crippen molar-refractivity contribution in [3.05, 3.63) is 122 Å². The summed E-state index contributed by atoms with van der Waals surface area (Å²) in [6.45, 7) is 1.73. The first-order valence-electron chi connectivity index (χ1n) is 12.3. The number of hydrogen-bond donors (Lipinski definition) is 0. The molecule has 1 amide bonds. The highest BCUT2D eigenvalue weighted by molar-refractivity contribution is 8.27. The molecule has 0 atom stereocenters. The molecule has 5 aromatic rings. The van der Waals surface area contributed by atoms with E-state index in [1.165, 1.54) is 44.3 Å². The maximum Gasteiger partial charge on any atom is 0.296 e. The lowest BCUT2D eigenvalue weighted by Crippen LogP contribution is -2.33. The summed E-state index contributed by atoms with van der Waals surface area (Å²) in [6, 6.07) is 19.3. The fraction of sp³-hybridized carbons (Fsp3) is 0.0690. The van der Waals surface area contributed by atoms with Gasteiger partial charge in [-0.15, -0.1) is 0 Å². The van der Waals surface area contributed by atoms with Gasteiger partial charge >= 0.3 is 0 Å². The van der Waals surface area contributed by atoms with Gasteiger partial charge in [0.15, 0.2) is 4.32 Å². The molecule has 41 heavy (non-hydrogen) atoms. The monoisotopic (exact) mass is 585 g/mol. The number of carbonyl (C=O) groups excluding carboxylic acids is 1. The van der Waals surface area contributed by atoms with E-state index in [2.05, 4.69) is 4.98 Å². The highest BCUT2D eigenvalue weighted by atomic mass is 32.2. The number of hydrogen-bond acceptors (Lipinski definition) is 7. The van der Waals surface area contributed by atoms with Crippen molar-refractivity contribution in [2.24, 2.45) is 7.05 Å². The molecule has 0 bridgehead atoms. The zero-order chi connectivity index (χ0) is 28.8. The summed E-state index contributed by atoms with van der Waals surface area (Å²) < 4.78 is 23.9. The minimum Gasteiger partial charge on any atom is -0.438 e. The number of carbonyl (C=O) groups is 1. The first-order chi connectivity index (χ1) is 19.7. The Morgan fingerprint density at radius 3 is 2.39 bits per heavy atom. The first-order valence-corrected chi connectivity index (χ1v) is 13.5. The van der Waals surface area contributed by atoms with Crippen LogP contribution >= 0.6 is 24.0 Å². The van der Waals surface area contributed by atoms with Crippen molar-refractivity contribution in [1.82, 2.24) is 18.7 Å². The van der Waals surface area contributed by atoms with Crippen LogP contribution in [0.4, 0.5) is 10.1 Å². The quantitative estimate of drug-likeness (QED) is 0.216. The molecule has 1 aliphatic heterocycles. The van der Waals surface area contributed by atoms with Gasteiger partial charge in [0.1, 0.15) is 28.5 Å². The minimum atomic E-state index is -0.559. The predicted octanol–water partition coefficient (Wildman–Crippen LogP) is 4.83. The summed E-state index contributed by atoms with van der Waals surface area (Å²) in [5.41, 5.74) is 0.697. The van der Waals surface area contributed by atoms with E-state index in [9.17, 15) is 18.8 Å². The molecule has 0 spiro atoms. The van der Waals surface area contributed by atoms with E-state index < -0.39 is 22.8 Å². The van der Waals surface area contributed by atoms with Crippen LogP contribution in [-0.2, 0) is 11.8 Å². The van der Waals surface area contributed by atoms with Crippen molar-refractivity contribution in [3.63, 3.8) is 0 Å². The molecular weight excluding hydrogens is 565 g/mol. The third-order valence-corrected chi connectivity index (χ3v) is 7.88. The average molecular weight is 586 g/mol. The van der Waals surface area contributed by atoms with Crippen LogP contribution in [0.15, 0.2) is 93.5 Å². The standard InChI is InChI=1S/C29H20FN5O4S2/c1-17-24(28(38)35(32(17)2)19-8-4-3-5-9-19)34-27(37)22(41-29(34)40)16-21-25(39-20-13-11-18(30)12-14-20)31-23-10-6-7-15-33(23)26(21)36/h3-16H,1-2H3/b22-16+. The van der Waals surface area contributed by atoms with Crippen LogP contribution in [0, 0.1) is 12.7 Å². The Kier molecular flexibility index (Phi) is 6.64. The topological polar surface area (TPSA) is 90.8 Å². The molecule has 2 aromatic carbocycles. The third-order valence-electron chi connectivity index (χ3n) is 6.58. The van der Waals surface area contributed by atoms with E-state index in [4.69, 9.17) is 17.0 Å². The Labute approximate surface area is 241 Å². The summed E-state index contributed by atoms with van der Waals surface area (Å²) in [5, 5.41) is 0. The second-order valence-electron chi connectivity index (χ2n) is 9.05. The molecule has 0 radical (unpaired) electrons. The third kappa shape index (κ3) is 4.56. The van der Waals surface area contributed by atoms with E-state index in [1.54, 1.807) is 55.2 Å². The fourth-order valence-electron chi connectivity index (χ4n) is 4.50. The van der Waals surface area contributed by atoms with Crippen LogP contribution in [0.3, 0.4) is 0 Å². The highest BCUT2D eigenvalue weighted by Crippen LogP contribution is 2.37. The van der Waals surface area contributed by atoms with Crippen molar-refractivity contribution in [1.29, 1.82) is 0 Å². The average Bonchev–Trinajstić information content (AvgIpc) is 3.36. The van der Waals surface area contributed by atoms with Crippen LogP contribution in [0.25, 0.3) is 17.4 Å². The minimum absolute atomic E-state index is 0.00925. The van der Waals surface area contributed by atoms with Gasteiger partial charge in [-0.3, -0.25) is 28.4 Å². The molecule has 9 nitrogen and oxygen atoms in total. The lowest BCUT2D eigenvalue weighted by atomic mass is 10.2. The molecule has 4 heterocycles. The number of nitrogens with zero attached hydrogens (tertiary/aromatic N) is 5. The number of fused-ring (bicyclic) bond motifs is 1. The number of rotatable bonds is 5. The van der Waals surface area contributed by atoms with Gasteiger partial charge in [0.05, 0.1) is 16.3 Å². The first kappa shape index (κ1) is 26.4. The van der Waals surface area contributed by atoms with Crippen LogP contribution in [-0.4, -0.2) is 29.0 Å². The summed E-state index contributed by atoms with van der Waals surface area (Å²) in [7, 11) is 1.72. The molecule has 0 unspecified atom stereocenters. The molecular formula is C29H20FN5O4S2. The normalized spacial score (nSPS) is 14.4. The Balaban J connectivity index is 1.46. The Hall–Kier alpha value is -4.81. The zero-order valence-electron chi connectivity index (χ0n) is 21.6. The SMILES string of the molecule is Cc1c(N2C(=O)/C(=C\c3c(Oc4ccc(F)cc4)nc4ccccn4c3=O)SC2=S)c(=O)n(-c2ccccc2)n1C. The summed E-state index contributed by atoms with van der Waals surface area (Å²) in [6.07, 6.45) is 2.91. The number of halogens is 1. The molecule has 1 fully saturated rings. The number of ether oxygens (including phenoxy) is 1. The summed E-state index contributed by atoms with van der Waals surface area (Å²) in [4.78, 5) is 46.7. The van der Waals surface area contributed by atoms with E-state index in [0.717, 1.165) is 11.8 Å². The lowest BCUT2D eigenvalue weighted by Gasteiger charge is -2.12. The molecule has 6 rings (SSSR count). The molecule has 1 aliphatic rings. The largest absolute Gasteiger partial charge is 0.438 e. The van der Waals surface area contributed by atoms with Gasteiger partial charge in [-0.05, 0) is 61.5 Å². The summed E-state index contributed by atoms with van der Waals surface area (Å²) in [5.74, 6) is -0.825. The predicted molar refractivity (Wildman–Crippen MR) is 159 cm³/mol. The van der Waals surface area contributed by atoms with Crippen LogP contribution in [0.5, 0.6) is 11.6 Å². The van der Waals surface area contributed by atoms with Crippen LogP contribution in [0.2, 0.25) is 0 Å². The van der Waals surface area contributed by atoms with Gasteiger partial charge in [0.25, 0.3) is 17.0 Å². The van der Waals surface area contributed by atoms with Crippen LogP contribution < -0.4 is 20.8 Å². The van der Waals surface area contributed by atoms with Gasteiger partial charge in [0, 0.05) is 13.2 Å². The molecule has 3 aromatic heterocycles. The number of anilines is 1. The molecule has 204 valence electrons. The molecule has 0 saturated carbocycles. The maximum absolute atomic E-state index is 13.7. The smallest absolute Gasteiger partial charge is 0.296 e. The second kappa shape index (κ2) is 10.3. The Bertz CT molecular complexity index is 2010. The second-order valence-corrected chi connectivity index (χ2v) is 10.7. The number of thiocarbonyl (C=S) groups is 1. The van der Waals surface area contributed by atoms with Crippen molar-refractivity contribution in [3.8, 4) is 17.3 Å². The Morgan fingerprint density at radius 1 is 0.951 bits per heavy atom. The van der Waals surface area contributed by atoms with Crippen molar-refractivity contribution >= 4 is 51.6 Å². The van der Waals surface area contributed by atoms with Gasteiger partial charge in [-0.1, -0.05) is 48.2 Å². The number of para-hydroxylation sites is 1.